The van der Waals surface area contributed by atoms with Crippen LogP contribution >= 0.6 is 27.3 Å². The lowest BCUT2D eigenvalue weighted by Gasteiger charge is -2.02. The van der Waals surface area contributed by atoms with Crippen LogP contribution < -0.4 is 5.32 Å². The molecule has 2 rings (SSSR count). The van der Waals surface area contributed by atoms with Gasteiger partial charge in [0.1, 0.15) is 0 Å². The van der Waals surface area contributed by atoms with Gasteiger partial charge in [0.05, 0.1) is 0 Å². The standard InChI is InChI=1S/C12H15BrN2S/c1-2-15-5-3-10(9-15)7-14-8-12-11(13)4-6-16-12/h3-6,9,14H,2,7-8H2,1H3. The summed E-state index contributed by atoms with van der Waals surface area (Å²) in [5.41, 5.74) is 1.34. The first-order valence-corrected chi connectivity index (χ1v) is 7.04. The Hall–Kier alpha value is -0.580. The molecule has 2 aromatic rings. The Morgan fingerprint density at radius 1 is 1.38 bits per heavy atom. The summed E-state index contributed by atoms with van der Waals surface area (Å²) in [5, 5.41) is 5.56. The fourth-order valence-corrected chi connectivity index (χ4v) is 3.03. The average Bonchev–Trinajstić information content (AvgIpc) is 2.89. The second-order valence-electron chi connectivity index (χ2n) is 3.65. The number of nitrogens with zero attached hydrogens (tertiary/aromatic N) is 1. The van der Waals surface area contributed by atoms with Crippen LogP contribution in [0.1, 0.15) is 17.4 Å². The van der Waals surface area contributed by atoms with Crippen LogP contribution in [0.5, 0.6) is 0 Å². The fourth-order valence-electron chi connectivity index (χ4n) is 1.56. The maximum Gasteiger partial charge on any atom is 0.0327 e. The summed E-state index contributed by atoms with van der Waals surface area (Å²) in [6, 6.07) is 4.26. The molecule has 0 saturated heterocycles. The van der Waals surface area contributed by atoms with Crippen LogP contribution in [-0.4, -0.2) is 4.57 Å². The topological polar surface area (TPSA) is 17.0 Å². The summed E-state index contributed by atoms with van der Waals surface area (Å²) in [6.45, 7) is 5.04. The average molecular weight is 299 g/mol. The van der Waals surface area contributed by atoms with Gasteiger partial charge in [-0.05, 0) is 45.9 Å². The zero-order valence-electron chi connectivity index (χ0n) is 9.24. The van der Waals surface area contributed by atoms with E-state index in [1.165, 1.54) is 14.9 Å². The Morgan fingerprint density at radius 2 is 2.25 bits per heavy atom. The van der Waals surface area contributed by atoms with Gasteiger partial charge in [-0.2, -0.15) is 0 Å². The number of nitrogens with one attached hydrogen (secondary N) is 1. The van der Waals surface area contributed by atoms with E-state index in [-0.39, 0.29) is 0 Å². The van der Waals surface area contributed by atoms with Crippen molar-refractivity contribution in [3.63, 3.8) is 0 Å². The van der Waals surface area contributed by atoms with Gasteiger partial charge in [-0.1, -0.05) is 0 Å². The monoisotopic (exact) mass is 298 g/mol. The molecule has 0 aliphatic heterocycles. The third kappa shape index (κ3) is 2.97. The van der Waals surface area contributed by atoms with Gasteiger partial charge in [0.2, 0.25) is 0 Å². The number of thiophene rings is 1. The maximum atomic E-state index is 3.53. The van der Waals surface area contributed by atoms with E-state index in [1.54, 1.807) is 11.3 Å². The van der Waals surface area contributed by atoms with Crippen molar-refractivity contribution in [3.8, 4) is 0 Å². The molecule has 2 nitrogen and oxygen atoms in total. The third-order valence-electron chi connectivity index (χ3n) is 2.48. The lowest BCUT2D eigenvalue weighted by Crippen LogP contribution is -2.11. The van der Waals surface area contributed by atoms with Crippen LogP contribution in [0.4, 0.5) is 0 Å². The molecule has 0 unspecified atom stereocenters. The Labute approximate surface area is 108 Å². The van der Waals surface area contributed by atoms with Crippen molar-refractivity contribution in [2.75, 3.05) is 0 Å². The summed E-state index contributed by atoms with van der Waals surface area (Å²) < 4.78 is 3.40. The van der Waals surface area contributed by atoms with Gasteiger partial charge >= 0.3 is 0 Å². The van der Waals surface area contributed by atoms with Gasteiger partial charge in [-0.15, -0.1) is 11.3 Å². The van der Waals surface area contributed by atoms with Crippen LogP contribution in [-0.2, 0) is 19.6 Å². The zero-order valence-corrected chi connectivity index (χ0v) is 11.6. The van der Waals surface area contributed by atoms with Crippen molar-refractivity contribution in [1.82, 2.24) is 9.88 Å². The van der Waals surface area contributed by atoms with Crippen molar-refractivity contribution < 1.29 is 0 Å². The molecule has 0 aliphatic rings. The van der Waals surface area contributed by atoms with E-state index in [9.17, 15) is 0 Å². The molecule has 2 aromatic heterocycles. The number of aryl methyl sites for hydroxylation is 1. The molecule has 0 saturated carbocycles. The molecule has 4 heteroatoms. The van der Waals surface area contributed by atoms with E-state index in [2.05, 4.69) is 62.6 Å². The highest BCUT2D eigenvalue weighted by Crippen LogP contribution is 2.22. The van der Waals surface area contributed by atoms with Crippen LogP contribution in [0.2, 0.25) is 0 Å². The van der Waals surface area contributed by atoms with E-state index >= 15 is 0 Å². The quantitative estimate of drug-likeness (QED) is 0.892. The number of hydrogen-bond acceptors (Lipinski definition) is 2. The molecule has 1 N–H and O–H groups in total. The second kappa shape index (κ2) is 5.66. The first-order valence-electron chi connectivity index (χ1n) is 5.37. The number of halogens is 1. The lowest BCUT2D eigenvalue weighted by molar-refractivity contribution is 0.694. The first kappa shape index (κ1) is 11.9. The predicted octanol–water partition coefficient (Wildman–Crippen LogP) is 3.62. The van der Waals surface area contributed by atoms with E-state index < -0.39 is 0 Å². The molecule has 16 heavy (non-hydrogen) atoms. The SMILES string of the molecule is CCn1ccc(CNCc2sccc2Br)c1. The minimum Gasteiger partial charge on any atom is -0.354 e. The summed E-state index contributed by atoms with van der Waals surface area (Å²) >= 11 is 5.31. The zero-order chi connectivity index (χ0) is 11.4. The first-order chi connectivity index (χ1) is 7.79. The molecular formula is C12H15BrN2S. The molecule has 0 radical (unpaired) electrons. The van der Waals surface area contributed by atoms with E-state index in [4.69, 9.17) is 0 Å². The molecule has 0 amide bonds. The van der Waals surface area contributed by atoms with Crippen LogP contribution in [0.15, 0.2) is 34.4 Å². The van der Waals surface area contributed by atoms with E-state index in [0.717, 1.165) is 19.6 Å². The molecular weight excluding hydrogens is 284 g/mol. The Balaban J connectivity index is 1.82. The van der Waals surface area contributed by atoms with Crippen molar-refractivity contribution in [3.05, 3.63) is 44.8 Å². The van der Waals surface area contributed by atoms with Gasteiger partial charge in [-0.3, -0.25) is 0 Å². The summed E-state index contributed by atoms with van der Waals surface area (Å²) in [7, 11) is 0. The summed E-state index contributed by atoms with van der Waals surface area (Å²) in [4.78, 5) is 1.36. The predicted molar refractivity (Wildman–Crippen MR) is 72.7 cm³/mol. The minimum absolute atomic E-state index is 0.926. The summed E-state index contributed by atoms with van der Waals surface area (Å²) in [5.74, 6) is 0. The van der Waals surface area contributed by atoms with Crippen LogP contribution in [0, 0.1) is 0 Å². The highest BCUT2D eigenvalue weighted by molar-refractivity contribution is 9.10. The largest absolute Gasteiger partial charge is 0.354 e. The Morgan fingerprint density at radius 3 is 2.88 bits per heavy atom. The highest BCUT2D eigenvalue weighted by atomic mass is 79.9. The highest BCUT2D eigenvalue weighted by Gasteiger charge is 2.01. The fraction of sp³-hybridized carbons (Fsp3) is 0.333. The van der Waals surface area contributed by atoms with Crippen LogP contribution in [0.25, 0.3) is 0 Å². The molecule has 0 bridgehead atoms. The molecule has 0 fully saturated rings. The van der Waals surface area contributed by atoms with Crippen LogP contribution in [0.3, 0.4) is 0 Å². The second-order valence-corrected chi connectivity index (χ2v) is 5.50. The third-order valence-corrected chi connectivity index (χ3v) is 4.41. The molecule has 0 aromatic carbocycles. The van der Waals surface area contributed by atoms with Gasteiger partial charge in [0.25, 0.3) is 0 Å². The number of rotatable bonds is 5. The number of hydrogen-bond donors (Lipinski definition) is 1. The van der Waals surface area contributed by atoms with Crippen molar-refractivity contribution in [2.24, 2.45) is 0 Å². The Bertz CT molecular complexity index is 447. The normalized spacial score (nSPS) is 10.9. The number of aromatic nitrogens is 1. The van der Waals surface area contributed by atoms with Crippen molar-refractivity contribution >= 4 is 27.3 Å². The minimum atomic E-state index is 0.926. The van der Waals surface area contributed by atoms with Gasteiger partial charge in [-0.25, -0.2) is 0 Å². The molecule has 86 valence electrons. The molecule has 0 atom stereocenters. The van der Waals surface area contributed by atoms with Gasteiger partial charge in [0.15, 0.2) is 0 Å². The van der Waals surface area contributed by atoms with Gasteiger partial charge in [0, 0.05) is 41.4 Å². The van der Waals surface area contributed by atoms with Gasteiger partial charge < -0.3 is 9.88 Å². The van der Waals surface area contributed by atoms with E-state index in [1.807, 2.05) is 0 Å². The molecule has 0 spiro atoms. The molecule has 2 heterocycles. The lowest BCUT2D eigenvalue weighted by atomic mass is 10.3. The Kier molecular flexibility index (Phi) is 4.21. The smallest absolute Gasteiger partial charge is 0.0327 e. The molecule has 0 aliphatic carbocycles. The van der Waals surface area contributed by atoms with Crippen molar-refractivity contribution in [2.45, 2.75) is 26.6 Å². The maximum absolute atomic E-state index is 3.53. The summed E-state index contributed by atoms with van der Waals surface area (Å²) in [6.07, 6.45) is 4.31. The van der Waals surface area contributed by atoms with Crippen molar-refractivity contribution in [1.29, 1.82) is 0 Å². The van der Waals surface area contributed by atoms with E-state index in [0.29, 0.717) is 0 Å².